The van der Waals surface area contributed by atoms with E-state index in [1.165, 1.54) is 10.8 Å². The smallest absolute Gasteiger partial charge is 0.330 e. The van der Waals surface area contributed by atoms with Crippen molar-refractivity contribution in [1.82, 2.24) is 9.55 Å². The normalized spacial score (nSPS) is 24.8. The number of aliphatic hydroxyl groups excluding tert-OH is 1. The SMILES string of the molecule is CCCc1cn([C@H]2CC(N=[N+]=[N-])[C@@H](CO)O2)c(=O)[nH]c1=O. The monoisotopic (exact) mass is 295 g/mol. The Morgan fingerprint density at radius 3 is 3.00 bits per heavy atom. The molecule has 3 atom stereocenters. The van der Waals surface area contributed by atoms with E-state index >= 15 is 0 Å². The van der Waals surface area contributed by atoms with Crippen LogP contribution in [0.15, 0.2) is 20.9 Å². The van der Waals surface area contributed by atoms with Crippen LogP contribution in [0.5, 0.6) is 0 Å². The van der Waals surface area contributed by atoms with Gasteiger partial charge >= 0.3 is 5.69 Å². The van der Waals surface area contributed by atoms with Gasteiger partial charge in [0.1, 0.15) is 6.23 Å². The lowest BCUT2D eigenvalue weighted by atomic mass is 10.1. The van der Waals surface area contributed by atoms with Crippen molar-refractivity contribution in [2.75, 3.05) is 6.61 Å². The van der Waals surface area contributed by atoms with Gasteiger partial charge < -0.3 is 9.84 Å². The number of H-pyrrole nitrogens is 1. The lowest BCUT2D eigenvalue weighted by Crippen LogP contribution is -2.34. The Morgan fingerprint density at radius 1 is 1.62 bits per heavy atom. The molecular weight excluding hydrogens is 278 g/mol. The van der Waals surface area contributed by atoms with Crippen molar-refractivity contribution in [1.29, 1.82) is 0 Å². The fourth-order valence-corrected chi connectivity index (χ4v) is 2.43. The van der Waals surface area contributed by atoms with Crippen molar-refractivity contribution in [2.24, 2.45) is 5.11 Å². The Bertz CT molecular complexity index is 660. The number of ether oxygens (including phenoxy) is 1. The van der Waals surface area contributed by atoms with Gasteiger partial charge in [-0.25, -0.2) is 4.79 Å². The van der Waals surface area contributed by atoms with Crippen molar-refractivity contribution in [3.05, 3.63) is 43.0 Å². The van der Waals surface area contributed by atoms with Crippen LogP contribution in [0.25, 0.3) is 10.4 Å². The van der Waals surface area contributed by atoms with Gasteiger partial charge in [-0.3, -0.25) is 14.3 Å². The number of nitrogens with one attached hydrogen (secondary N) is 1. The third-order valence-electron chi connectivity index (χ3n) is 3.46. The second-order valence-corrected chi connectivity index (χ2v) is 4.89. The maximum Gasteiger partial charge on any atom is 0.330 e. The summed E-state index contributed by atoms with van der Waals surface area (Å²) in [7, 11) is 0. The molecule has 2 rings (SSSR count). The highest BCUT2D eigenvalue weighted by atomic mass is 16.5. The van der Waals surface area contributed by atoms with Crippen LogP contribution < -0.4 is 11.2 Å². The fraction of sp³-hybridized carbons (Fsp3) is 0.667. The van der Waals surface area contributed by atoms with E-state index < -0.39 is 29.6 Å². The molecule has 2 N–H and O–H groups in total. The Hall–Kier alpha value is -2.09. The van der Waals surface area contributed by atoms with Gasteiger partial charge in [-0.2, -0.15) is 0 Å². The first-order valence-corrected chi connectivity index (χ1v) is 6.75. The first kappa shape index (κ1) is 15.3. The van der Waals surface area contributed by atoms with Crippen LogP contribution in [0, 0.1) is 0 Å². The summed E-state index contributed by atoms with van der Waals surface area (Å²) in [6.07, 6.45) is 1.74. The van der Waals surface area contributed by atoms with Crippen LogP contribution in [0.4, 0.5) is 0 Å². The van der Waals surface area contributed by atoms with Crippen molar-refractivity contribution in [3.8, 4) is 0 Å². The summed E-state index contributed by atoms with van der Waals surface area (Å²) in [5.41, 5.74) is 8.02. The van der Waals surface area contributed by atoms with Crippen LogP contribution in [0.3, 0.4) is 0 Å². The molecule has 0 bridgehead atoms. The highest BCUT2D eigenvalue weighted by Gasteiger charge is 2.35. The maximum atomic E-state index is 11.9. The molecule has 0 radical (unpaired) electrons. The quantitative estimate of drug-likeness (QED) is 0.463. The van der Waals surface area contributed by atoms with Gasteiger partial charge in [0.05, 0.1) is 18.8 Å². The zero-order valence-electron chi connectivity index (χ0n) is 11.6. The Morgan fingerprint density at radius 2 is 2.38 bits per heavy atom. The van der Waals surface area contributed by atoms with Crippen molar-refractivity contribution in [3.63, 3.8) is 0 Å². The lowest BCUT2D eigenvalue weighted by Gasteiger charge is -2.15. The van der Waals surface area contributed by atoms with Crippen LogP contribution in [0.2, 0.25) is 0 Å². The third kappa shape index (κ3) is 3.15. The minimum Gasteiger partial charge on any atom is -0.394 e. The number of aromatic nitrogens is 2. The third-order valence-corrected chi connectivity index (χ3v) is 3.46. The molecule has 0 spiro atoms. The van der Waals surface area contributed by atoms with Gasteiger partial charge in [0.2, 0.25) is 0 Å². The molecule has 9 heteroatoms. The summed E-state index contributed by atoms with van der Waals surface area (Å²) in [4.78, 5) is 28.5. The Balaban J connectivity index is 2.34. The van der Waals surface area contributed by atoms with E-state index in [0.717, 1.165) is 6.42 Å². The molecule has 0 amide bonds. The number of azide groups is 1. The largest absolute Gasteiger partial charge is 0.394 e. The lowest BCUT2D eigenvalue weighted by molar-refractivity contribution is -0.0271. The first-order valence-electron chi connectivity index (χ1n) is 6.75. The van der Waals surface area contributed by atoms with Gasteiger partial charge in [-0.1, -0.05) is 18.5 Å². The molecule has 2 heterocycles. The summed E-state index contributed by atoms with van der Waals surface area (Å²) >= 11 is 0. The van der Waals surface area contributed by atoms with Crippen LogP contribution >= 0.6 is 0 Å². The second kappa shape index (κ2) is 6.57. The average Bonchev–Trinajstić information content (AvgIpc) is 2.85. The van der Waals surface area contributed by atoms with Gasteiger partial charge in [0, 0.05) is 23.1 Å². The van der Waals surface area contributed by atoms with E-state index in [9.17, 15) is 14.7 Å². The molecule has 0 aliphatic carbocycles. The Kier molecular flexibility index (Phi) is 4.79. The van der Waals surface area contributed by atoms with Gasteiger partial charge in [0.25, 0.3) is 5.56 Å². The van der Waals surface area contributed by atoms with Crippen molar-refractivity contribution >= 4 is 0 Å². The standard InChI is InChI=1S/C12H17N5O4/c1-2-3-7-5-17(12(20)14-11(7)19)10-4-8(15-16-13)9(6-18)21-10/h5,8-10,18H,2-4,6H2,1H3,(H,14,19,20)/t8?,9-,10-/m1/s1. The van der Waals surface area contributed by atoms with Crippen molar-refractivity contribution in [2.45, 2.75) is 44.6 Å². The van der Waals surface area contributed by atoms with Gasteiger partial charge in [0.15, 0.2) is 0 Å². The summed E-state index contributed by atoms with van der Waals surface area (Å²) in [6, 6.07) is -0.543. The van der Waals surface area contributed by atoms with E-state index in [2.05, 4.69) is 15.0 Å². The molecule has 114 valence electrons. The maximum absolute atomic E-state index is 11.9. The highest BCUT2D eigenvalue weighted by Crippen LogP contribution is 2.29. The summed E-state index contributed by atoms with van der Waals surface area (Å²) in [6.45, 7) is 1.63. The molecule has 1 aromatic rings. The van der Waals surface area contributed by atoms with Crippen LogP contribution in [-0.2, 0) is 11.2 Å². The number of hydrogen-bond donors (Lipinski definition) is 2. The molecule has 1 aliphatic rings. The Labute approximate surface area is 119 Å². The zero-order valence-corrected chi connectivity index (χ0v) is 11.6. The van der Waals surface area contributed by atoms with E-state index in [1.807, 2.05) is 6.92 Å². The molecule has 1 fully saturated rings. The first-order chi connectivity index (χ1) is 10.1. The molecule has 0 saturated carbocycles. The minimum absolute atomic E-state index is 0.271. The second-order valence-electron chi connectivity index (χ2n) is 4.89. The van der Waals surface area contributed by atoms with Crippen LogP contribution in [0.1, 0.15) is 31.6 Å². The van der Waals surface area contributed by atoms with E-state index in [0.29, 0.717) is 12.0 Å². The van der Waals surface area contributed by atoms with E-state index in [-0.39, 0.29) is 13.0 Å². The molecular formula is C12H17N5O4. The predicted octanol–water partition coefficient (Wildman–Crippen LogP) is 0.448. The van der Waals surface area contributed by atoms with Gasteiger partial charge in [-0.15, -0.1) is 0 Å². The number of aromatic amines is 1. The number of nitrogens with zero attached hydrogens (tertiary/aromatic N) is 4. The molecule has 1 unspecified atom stereocenters. The van der Waals surface area contributed by atoms with Crippen molar-refractivity contribution < 1.29 is 9.84 Å². The number of aliphatic hydroxyl groups is 1. The zero-order chi connectivity index (χ0) is 15.4. The fourth-order valence-electron chi connectivity index (χ4n) is 2.43. The molecule has 1 aliphatic heterocycles. The molecule has 1 saturated heterocycles. The highest BCUT2D eigenvalue weighted by molar-refractivity contribution is 5.05. The number of hydrogen-bond acceptors (Lipinski definition) is 5. The summed E-state index contributed by atoms with van der Waals surface area (Å²) in [5.74, 6) is 0. The topological polar surface area (TPSA) is 133 Å². The molecule has 9 nitrogen and oxygen atoms in total. The minimum atomic E-state index is -0.669. The van der Waals surface area contributed by atoms with Gasteiger partial charge in [-0.05, 0) is 12.0 Å². The number of aryl methyl sites for hydroxylation is 1. The van der Waals surface area contributed by atoms with E-state index in [1.54, 1.807) is 0 Å². The molecule has 1 aromatic heterocycles. The summed E-state index contributed by atoms with van der Waals surface area (Å²) in [5, 5.41) is 12.8. The predicted molar refractivity (Wildman–Crippen MR) is 73.9 cm³/mol. The van der Waals surface area contributed by atoms with Crippen LogP contribution in [-0.4, -0.2) is 33.4 Å². The van der Waals surface area contributed by atoms with E-state index in [4.69, 9.17) is 10.3 Å². The average molecular weight is 295 g/mol. The number of rotatable bonds is 5. The molecule has 21 heavy (non-hydrogen) atoms. The summed E-state index contributed by atoms with van der Waals surface area (Å²) < 4.78 is 6.82. The molecule has 0 aromatic carbocycles.